The van der Waals surface area contributed by atoms with Gasteiger partial charge in [0, 0.05) is 6.54 Å². The minimum atomic E-state index is -5.04. The van der Waals surface area contributed by atoms with Gasteiger partial charge in [-0.25, -0.2) is 9.59 Å². The molecule has 0 unspecified atom stereocenters. The van der Waals surface area contributed by atoms with Gasteiger partial charge < -0.3 is 35.3 Å². The molecule has 1 aliphatic carbocycles. The van der Waals surface area contributed by atoms with Crippen molar-refractivity contribution in [2.24, 2.45) is 5.92 Å². The minimum Gasteiger partial charge on any atom is -0.497 e. The van der Waals surface area contributed by atoms with Crippen LogP contribution in [0.5, 0.6) is 5.75 Å². The third-order valence-corrected chi connectivity index (χ3v) is 9.38. The Morgan fingerprint density at radius 3 is 1.89 bits per heavy atom. The number of halogens is 3. The highest BCUT2D eigenvalue weighted by molar-refractivity contribution is 5.93. The van der Waals surface area contributed by atoms with Gasteiger partial charge in [-0.05, 0) is 85.9 Å². The number of unbranched alkanes of at least 4 members (excludes halogenated alkanes) is 1. The van der Waals surface area contributed by atoms with Gasteiger partial charge in [-0.1, -0.05) is 74.5 Å². The highest BCUT2D eigenvalue weighted by Gasteiger charge is 2.47. The Kier molecular flexibility index (Phi) is 14.4. The van der Waals surface area contributed by atoms with Crippen LogP contribution in [0.2, 0.25) is 0 Å². The van der Waals surface area contributed by atoms with Crippen molar-refractivity contribution < 1.29 is 51.7 Å². The molecule has 0 saturated carbocycles. The monoisotopic (exact) mass is 784 g/mol. The highest BCUT2D eigenvalue weighted by atomic mass is 19.4. The first-order valence-corrected chi connectivity index (χ1v) is 18.4. The quantitative estimate of drug-likeness (QED) is 0.123. The Morgan fingerprint density at radius 1 is 0.821 bits per heavy atom. The molecule has 4 N–H and O–H groups in total. The summed E-state index contributed by atoms with van der Waals surface area (Å²) in [7, 11) is 2.62. The molecule has 0 saturated heterocycles. The van der Waals surface area contributed by atoms with Crippen molar-refractivity contribution >= 4 is 24.0 Å². The van der Waals surface area contributed by atoms with E-state index in [0.29, 0.717) is 18.6 Å². The van der Waals surface area contributed by atoms with E-state index in [1.165, 1.54) is 57.2 Å². The second-order valence-electron chi connectivity index (χ2n) is 14.9. The van der Waals surface area contributed by atoms with E-state index in [2.05, 4.69) is 16.0 Å². The van der Waals surface area contributed by atoms with Gasteiger partial charge in [0.2, 0.25) is 11.8 Å². The van der Waals surface area contributed by atoms with E-state index < -0.39 is 72.0 Å². The summed E-state index contributed by atoms with van der Waals surface area (Å²) < 4.78 is 57.0. The number of ether oxygens (including phenoxy) is 3. The maximum atomic E-state index is 14.8. The fourth-order valence-corrected chi connectivity index (χ4v) is 6.71. The summed E-state index contributed by atoms with van der Waals surface area (Å²) in [4.78, 5) is 56.3. The van der Waals surface area contributed by atoms with Crippen LogP contribution in [0.3, 0.4) is 0 Å². The molecule has 0 radical (unpaired) electrons. The standard InChI is InChI=1S/C41H51F3N4O8/c1-24(2)32(35(49)41(42,43)44)46-37(51)33(25-19-21-26(54-6)22-20-25)47-36(50)31(18-12-13-23-45-38(52)56-40(3,4)5)48(39(53)55-7)34-29-16-10-8-14-27(29)28-15-9-11-17-30(28)34/h8-11,14-17,19-22,24,31-35,49H,12-13,18,23H2,1-7H3,(H,45,52)(H,46,51)(H,47,50)/t31-,32-,33-,35-/m0/s1. The number of amides is 4. The molecule has 0 aromatic heterocycles. The predicted molar refractivity (Wildman–Crippen MR) is 203 cm³/mol. The number of hydrogen-bond donors (Lipinski definition) is 4. The number of carbonyl (C=O) groups is 4. The van der Waals surface area contributed by atoms with Gasteiger partial charge >= 0.3 is 18.4 Å². The second kappa shape index (κ2) is 18.5. The number of nitrogens with zero attached hydrogens (tertiary/aromatic N) is 1. The van der Waals surface area contributed by atoms with Crippen molar-refractivity contribution in [1.29, 1.82) is 0 Å². The number of aliphatic hydroxyl groups is 1. The van der Waals surface area contributed by atoms with E-state index in [0.717, 1.165) is 22.3 Å². The van der Waals surface area contributed by atoms with Crippen LogP contribution in [-0.4, -0.2) is 84.7 Å². The molecule has 12 nitrogen and oxygen atoms in total. The van der Waals surface area contributed by atoms with Gasteiger partial charge in [-0.3, -0.25) is 14.5 Å². The van der Waals surface area contributed by atoms with Crippen molar-refractivity contribution in [3.05, 3.63) is 89.5 Å². The lowest BCUT2D eigenvalue weighted by Gasteiger charge is -2.36. The molecule has 3 aromatic rings. The number of hydrogen-bond acceptors (Lipinski definition) is 8. The maximum Gasteiger partial charge on any atom is 0.416 e. The Morgan fingerprint density at radius 2 is 1.39 bits per heavy atom. The molecule has 0 spiro atoms. The molecule has 0 bridgehead atoms. The molecule has 56 heavy (non-hydrogen) atoms. The van der Waals surface area contributed by atoms with E-state index >= 15 is 0 Å². The van der Waals surface area contributed by atoms with Crippen LogP contribution >= 0.6 is 0 Å². The Hall–Kier alpha value is -5.31. The summed E-state index contributed by atoms with van der Waals surface area (Å²) in [6.07, 6.45) is -8.71. The first-order valence-electron chi connectivity index (χ1n) is 18.4. The average molecular weight is 785 g/mol. The van der Waals surface area contributed by atoms with Crippen LogP contribution < -0.4 is 20.7 Å². The molecule has 4 rings (SSSR count). The molecule has 1 aliphatic rings. The molecular formula is C41H51F3N4O8. The zero-order valence-electron chi connectivity index (χ0n) is 32.6. The van der Waals surface area contributed by atoms with Gasteiger partial charge in [-0.2, -0.15) is 13.2 Å². The van der Waals surface area contributed by atoms with Crippen LogP contribution in [0.15, 0.2) is 72.8 Å². The molecule has 4 atom stereocenters. The SMILES string of the molecule is COC(=O)N(C1c2ccccc2-c2ccccc21)[C@@H](CCCCNC(=O)OC(C)(C)C)C(=O)N[C@H](C(=O)N[C@@H](C(C)C)[C@H](O)C(F)(F)F)c1ccc(OC)cc1. The molecule has 15 heteroatoms. The van der Waals surface area contributed by atoms with E-state index in [-0.39, 0.29) is 18.5 Å². The van der Waals surface area contributed by atoms with Crippen LogP contribution in [0, 0.1) is 5.92 Å². The molecule has 304 valence electrons. The number of methoxy groups -OCH3 is 2. The topological polar surface area (TPSA) is 156 Å². The van der Waals surface area contributed by atoms with Gasteiger partial charge in [0.05, 0.1) is 26.3 Å². The molecule has 0 fully saturated rings. The van der Waals surface area contributed by atoms with Crippen molar-refractivity contribution in [1.82, 2.24) is 20.9 Å². The minimum absolute atomic E-state index is 0.0239. The number of nitrogens with one attached hydrogen (secondary N) is 3. The van der Waals surface area contributed by atoms with Crippen LogP contribution in [0.4, 0.5) is 22.8 Å². The van der Waals surface area contributed by atoms with E-state index in [1.54, 1.807) is 20.8 Å². The van der Waals surface area contributed by atoms with E-state index in [4.69, 9.17) is 14.2 Å². The fourth-order valence-electron chi connectivity index (χ4n) is 6.71. The molecule has 3 aromatic carbocycles. The predicted octanol–water partition coefficient (Wildman–Crippen LogP) is 6.82. The highest BCUT2D eigenvalue weighted by Crippen LogP contribution is 2.47. The third kappa shape index (κ3) is 10.7. The van der Waals surface area contributed by atoms with Gasteiger partial charge in [-0.15, -0.1) is 0 Å². The third-order valence-electron chi connectivity index (χ3n) is 9.38. The van der Waals surface area contributed by atoms with Crippen molar-refractivity contribution in [2.75, 3.05) is 20.8 Å². The summed E-state index contributed by atoms with van der Waals surface area (Å²) >= 11 is 0. The Bertz CT molecular complexity index is 1780. The normalized spacial score (nSPS) is 14.7. The van der Waals surface area contributed by atoms with Gasteiger partial charge in [0.15, 0.2) is 6.10 Å². The smallest absolute Gasteiger partial charge is 0.416 e. The van der Waals surface area contributed by atoms with E-state index in [9.17, 15) is 37.5 Å². The van der Waals surface area contributed by atoms with E-state index in [1.807, 2.05) is 48.5 Å². The maximum absolute atomic E-state index is 14.8. The Balaban J connectivity index is 1.75. The van der Waals surface area contributed by atoms with Crippen LogP contribution in [0.25, 0.3) is 11.1 Å². The zero-order valence-corrected chi connectivity index (χ0v) is 32.6. The summed E-state index contributed by atoms with van der Waals surface area (Å²) in [6, 6.07) is 15.4. The van der Waals surface area contributed by atoms with Gasteiger partial charge in [0.25, 0.3) is 0 Å². The molecule has 0 aliphatic heterocycles. The fraction of sp³-hybridized carbons (Fsp3) is 0.463. The van der Waals surface area contributed by atoms with Gasteiger partial charge in [0.1, 0.15) is 23.4 Å². The molecule has 0 heterocycles. The largest absolute Gasteiger partial charge is 0.497 e. The molecular weight excluding hydrogens is 733 g/mol. The average Bonchev–Trinajstić information content (AvgIpc) is 3.47. The number of benzene rings is 3. The number of alkyl halides is 3. The first kappa shape index (κ1) is 43.4. The van der Waals surface area contributed by atoms with Crippen molar-refractivity contribution in [2.45, 2.75) is 95.9 Å². The summed E-state index contributed by atoms with van der Waals surface area (Å²) in [6.45, 7) is 8.22. The second-order valence-corrected chi connectivity index (χ2v) is 14.9. The summed E-state index contributed by atoms with van der Waals surface area (Å²) in [5.74, 6) is -2.26. The lowest BCUT2D eigenvalue weighted by Crippen LogP contribution is -2.57. The molecule has 4 amide bonds. The van der Waals surface area contributed by atoms with Crippen molar-refractivity contribution in [3.8, 4) is 16.9 Å². The lowest BCUT2D eigenvalue weighted by atomic mass is 9.96. The first-order chi connectivity index (χ1) is 26.4. The zero-order chi connectivity index (χ0) is 41.4. The number of fused-ring (bicyclic) bond motifs is 3. The van der Waals surface area contributed by atoms with Crippen molar-refractivity contribution in [3.63, 3.8) is 0 Å². The summed E-state index contributed by atoms with van der Waals surface area (Å²) in [5.41, 5.74) is 2.64. The number of aliphatic hydroxyl groups excluding tert-OH is 1. The lowest BCUT2D eigenvalue weighted by molar-refractivity contribution is -0.215. The summed E-state index contributed by atoms with van der Waals surface area (Å²) in [5, 5.41) is 17.9. The van der Waals surface area contributed by atoms with Crippen LogP contribution in [-0.2, 0) is 19.1 Å². The van der Waals surface area contributed by atoms with Crippen LogP contribution in [0.1, 0.15) is 82.7 Å². The number of alkyl carbamates (subject to hydrolysis) is 1. The number of carbonyl (C=O) groups excluding carboxylic acids is 4. The Labute approximate surface area is 325 Å². The number of rotatable bonds is 15.